The summed E-state index contributed by atoms with van der Waals surface area (Å²) in [5, 5.41) is 20.4. The summed E-state index contributed by atoms with van der Waals surface area (Å²) in [5.41, 5.74) is -1.97. The highest BCUT2D eigenvalue weighted by molar-refractivity contribution is 5.76. The third kappa shape index (κ3) is 2.65. The summed E-state index contributed by atoms with van der Waals surface area (Å²) in [6, 6.07) is 0. The maximum Gasteiger partial charge on any atom is 0.312 e. The largest absolute Gasteiger partial charge is 0.481 e. The Kier molecular flexibility index (Phi) is 4.99. The molecule has 0 aromatic rings. The van der Waals surface area contributed by atoms with E-state index in [2.05, 4.69) is 0 Å². The number of aliphatic hydroxyl groups is 1. The van der Waals surface area contributed by atoms with Crippen molar-refractivity contribution in [2.75, 3.05) is 0 Å². The van der Waals surface area contributed by atoms with Crippen molar-refractivity contribution in [1.82, 2.24) is 0 Å². The van der Waals surface area contributed by atoms with Gasteiger partial charge in [-0.1, -0.05) is 46.0 Å². The van der Waals surface area contributed by atoms with E-state index in [0.29, 0.717) is 25.7 Å². The van der Waals surface area contributed by atoms with Gasteiger partial charge in [0.05, 0.1) is 11.0 Å². The second-order valence-corrected chi connectivity index (χ2v) is 5.39. The molecule has 0 aromatic heterocycles. The van der Waals surface area contributed by atoms with Gasteiger partial charge in [-0.2, -0.15) is 0 Å². The van der Waals surface area contributed by atoms with Crippen molar-refractivity contribution in [3.8, 4) is 0 Å². The van der Waals surface area contributed by atoms with Gasteiger partial charge in [-0.05, 0) is 25.7 Å². The van der Waals surface area contributed by atoms with Crippen LogP contribution in [-0.4, -0.2) is 21.8 Å². The smallest absolute Gasteiger partial charge is 0.312 e. The molecule has 1 saturated carbocycles. The Morgan fingerprint density at radius 3 is 1.82 bits per heavy atom. The number of hydrogen-bond donors (Lipinski definition) is 2. The number of carboxylic acids is 1. The second-order valence-electron chi connectivity index (χ2n) is 5.39. The molecule has 0 bridgehead atoms. The number of rotatable bonds is 4. The Balaban J connectivity index is 3.04. The Morgan fingerprint density at radius 1 is 1.06 bits per heavy atom. The minimum Gasteiger partial charge on any atom is -0.481 e. The van der Waals surface area contributed by atoms with E-state index in [4.69, 9.17) is 0 Å². The highest BCUT2D eigenvalue weighted by Gasteiger charge is 2.53. The van der Waals surface area contributed by atoms with Gasteiger partial charge in [-0.3, -0.25) is 4.79 Å². The fraction of sp³-hybridized carbons (Fsp3) is 0.929. The number of hydrogen-bond acceptors (Lipinski definition) is 2. The van der Waals surface area contributed by atoms with Gasteiger partial charge in [-0.15, -0.1) is 0 Å². The first-order chi connectivity index (χ1) is 8.02. The molecule has 0 aliphatic heterocycles. The van der Waals surface area contributed by atoms with Crippen molar-refractivity contribution in [3.05, 3.63) is 0 Å². The van der Waals surface area contributed by atoms with E-state index >= 15 is 0 Å². The molecule has 1 rings (SSSR count). The van der Waals surface area contributed by atoms with Crippen LogP contribution in [0.5, 0.6) is 0 Å². The fourth-order valence-corrected chi connectivity index (χ4v) is 3.31. The normalized spacial score (nSPS) is 21.6. The first-order valence-corrected chi connectivity index (χ1v) is 6.98. The summed E-state index contributed by atoms with van der Waals surface area (Å²) in [6.45, 7) is 3.79. The molecule has 0 unspecified atom stereocenters. The van der Waals surface area contributed by atoms with Crippen molar-refractivity contribution >= 4 is 5.97 Å². The van der Waals surface area contributed by atoms with E-state index in [0.717, 1.165) is 25.7 Å². The molecule has 0 saturated heterocycles. The molecule has 0 spiro atoms. The highest BCUT2D eigenvalue weighted by Crippen LogP contribution is 2.46. The van der Waals surface area contributed by atoms with Crippen molar-refractivity contribution in [3.63, 3.8) is 0 Å². The molecule has 0 heterocycles. The molecule has 2 N–H and O–H groups in total. The van der Waals surface area contributed by atoms with E-state index in [1.807, 2.05) is 13.8 Å². The van der Waals surface area contributed by atoms with Crippen LogP contribution < -0.4 is 0 Å². The third-order valence-electron chi connectivity index (χ3n) is 4.68. The maximum absolute atomic E-state index is 11.7. The first kappa shape index (κ1) is 14.5. The van der Waals surface area contributed by atoms with Crippen LogP contribution in [0.4, 0.5) is 0 Å². The lowest BCUT2D eigenvalue weighted by molar-refractivity contribution is -0.175. The molecular formula is C14H26O3. The summed E-state index contributed by atoms with van der Waals surface area (Å²) in [7, 11) is 0. The van der Waals surface area contributed by atoms with E-state index < -0.39 is 17.0 Å². The zero-order chi connectivity index (χ0) is 12.9. The predicted molar refractivity (Wildman–Crippen MR) is 67.9 cm³/mol. The molecule has 0 atom stereocenters. The maximum atomic E-state index is 11.7. The van der Waals surface area contributed by atoms with Gasteiger partial charge in [0.1, 0.15) is 0 Å². The number of carbonyl (C=O) groups is 1. The zero-order valence-corrected chi connectivity index (χ0v) is 11.2. The molecular weight excluding hydrogens is 216 g/mol. The van der Waals surface area contributed by atoms with Crippen molar-refractivity contribution in [2.24, 2.45) is 5.41 Å². The Hall–Kier alpha value is -0.570. The highest BCUT2D eigenvalue weighted by atomic mass is 16.4. The van der Waals surface area contributed by atoms with Gasteiger partial charge < -0.3 is 10.2 Å². The van der Waals surface area contributed by atoms with E-state index in [9.17, 15) is 15.0 Å². The monoisotopic (exact) mass is 242 g/mol. The number of carboxylic acid groups (broad SMARTS) is 1. The summed E-state index contributed by atoms with van der Waals surface area (Å²) in [4.78, 5) is 11.7. The average Bonchev–Trinajstić information content (AvgIpc) is 2.27. The van der Waals surface area contributed by atoms with Crippen LogP contribution in [0.15, 0.2) is 0 Å². The minimum atomic E-state index is -1.05. The summed E-state index contributed by atoms with van der Waals surface area (Å²) >= 11 is 0. The SMILES string of the molecule is CCC(O)(CC)C1(C(=O)O)CCCCCCC1. The Bertz CT molecular complexity index is 248. The molecule has 1 fully saturated rings. The van der Waals surface area contributed by atoms with Gasteiger partial charge >= 0.3 is 5.97 Å². The fourth-order valence-electron chi connectivity index (χ4n) is 3.31. The van der Waals surface area contributed by atoms with Gasteiger partial charge in [0.15, 0.2) is 0 Å². The van der Waals surface area contributed by atoms with Crippen LogP contribution in [-0.2, 0) is 4.79 Å². The van der Waals surface area contributed by atoms with E-state index in [1.165, 1.54) is 6.42 Å². The second kappa shape index (κ2) is 5.85. The van der Waals surface area contributed by atoms with Gasteiger partial charge in [0, 0.05) is 0 Å². The molecule has 3 heteroatoms. The third-order valence-corrected chi connectivity index (χ3v) is 4.68. The quantitative estimate of drug-likeness (QED) is 0.794. The standard InChI is InChI=1S/C14H26O3/c1-3-14(17,4-2)13(12(15)16)10-8-6-5-7-9-11-13/h17H,3-11H2,1-2H3,(H,15,16). The molecule has 0 aromatic carbocycles. The molecule has 0 amide bonds. The lowest BCUT2D eigenvalue weighted by atomic mass is 9.62. The lowest BCUT2D eigenvalue weighted by Crippen LogP contribution is -2.53. The first-order valence-electron chi connectivity index (χ1n) is 6.98. The molecule has 100 valence electrons. The molecule has 1 aliphatic carbocycles. The Morgan fingerprint density at radius 2 is 1.47 bits per heavy atom. The zero-order valence-electron chi connectivity index (χ0n) is 11.2. The average molecular weight is 242 g/mol. The van der Waals surface area contributed by atoms with E-state index in [1.54, 1.807) is 0 Å². The van der Waals surface area contributed by atoms with Crippen LogP contribution in [0.3, 0.4) is 0 Å². The molecule has 1 aliphatic rings. The van der Waals surface area contributed by atoms with Gasteiger partial charge in [0.25, 0.3) is 0 Å². The Labute approximate surface area is 104 Å². The van der Waals surface area contributed by atoms with Crippen LogP contribution in [0.2, 0.25) is 0 Å². The number of aliphatic carboxylic acids is 1. The van der Waals surface area contributed by atoms with Crippen LogP contribution in [0.1, 0.15) is 71.6 Å². The van der Waals surface area contributed by atoms with Crippen LogP contribution >= 0.6 is 0 Å². The lowest BCUT2D eigenvalue weighted by Gasteiger charge is -2.44. The summed E-state index contributed by atoms with van der Waals surface area (Å²) in [5.74, 6) is -0.800. The van der Waals surface area contributed by atoms with E-state index in [-0.39, 0.29) is 0 Å². The molecule has 17 heavy (non-hydrogen) atoms. The van der Waals surface area contributed by atoms with Crippen molar-refractivity contribution in [1.29, 1.82) is 0 Å². The molecule has 3 nitrogen and oxygen atoms in total. The molecule has 0 radical (unpaired) electrons. The van der Waals surface area contributed by atoms with Gasteiger partial charge in [0.2, 0.25) is 0 Å². The van der Waals surface area contributed by atoms with Crippen LogP contribution in [0, 0.1) is 5.41 Å². The predicted octanol–water partition coefficient (Wildman–Crippen LogP) is 3.35. The van der Waals surface area contributed by atoms with Crippen LogP contribution in [0.25, 0.3) is 0 Å². The van der Waals surface area contributed by atoms with Crippen molar-refractivity contribution < 1.29 is 15.0 Å². The van der Waals surface area contributed by atoms with Gasteiger partial charge in [-0.25, -0.2) is 0 Å². The topological polar surface area (TPSA) is 57.5 Å². The minimum absolute atomic E-state index is 0.524. The summed E-state index contributed by atoms with van der Waals surface area (Å²) in [6.07, 6.45) is 7.54. The summed E-state index contributed by atoms with van der Waals surface area (Å²) < 4.78 is 0. The van der Waals surface area contributed by atoms with Crippen molar-refractivity contribution in [2.45, 2.75) is 77.2 Å².